The minimum absolute atomic E-state index is 0.0636. The lowest BCUT2D eigenvalue weighted by Crippen LogP contribution is -2.10. The number of rotatable bonds is 7. The van der Waals surface area contributed by atoms with Crippen LogP contribution in [-0.4, -0.2) is 20.0 Å². The van der Waals surface area contributed by atoms with E-state index < -0.39 is 9.84 Å². The van der Waals surface area contributed by atoms with Crippen LogP contribution in [0, 0.1) is 0 Å². The number of hydrogen-bond donors (Lipinski definition) is 0. The zero-order chi connectivity index (χ0) is 12.7. The van der Waals surface area contributed by atoms with Crippen molar-refractivity contribution in [2.45, 2.75) is 31.9 Å². The molecule has 4 heteroatoms. The molecule has 3 nitrogen and oxygen atoms in total. The molecule has 0 fully saturated rings. The highest BCUT2D eigenvalue weighted by molar-refractivity contribution is 7.90. The highest BCUT2D eigenvalue weighted by atomic mass is 32.2. The lowest BCUT2D eigenvalue weighted by Gasteiger charge is -2.03. The van der Waals surface area contributed by atoms with Gasteiger partial charge in [-0.05, 0) is 12.0 Å². The van der Waals surface area contributed by atoms with Crippen LogP contribution in [0.4, 0.5) is 0 Å². The van der Waals surface area contributed by atoms with E-state index in [2.05, 4.69) is 0 Å². The number of hydrogen-bond acceptors (Lipinski definition) is 3. The predicted molar refractivity (Wildman–Crippen MR) is 68.5 cm³/mol. The number of sulfone groups is 1. The summed E-state index contributed by atoms with van der Waals surface area (Å²) in [6, 6.07) is 9.11. The molecule has 0 N–H and O–H groups in total. The van der Waals surface area contributed by atoms with Gasteiger partial charge in [0.05, 0.1) is 11.5 Å². The minimum atomic E-state index is -3.09. The summed E-state index contributed by atoms with van der Waals surface area (Å²) in [6.07, 6.45) is 1.28. The van der Waals surface area contributed by atoms with Crippen LogP contribution in [0.2, 0.25) is 0 Å². The van der Waals surface area contributed by atoms with Gasteiger partial charge in [-0.15, -0.1) is 0 Å². The maximum Gasteiger partial charge on any atom is 0.154 e. The van der Waals surface area contributed by atoms with Gasteiger partial charge >= 0.3 is 0 Å². The first-order valence-corrected chi connectivity index (χ1v) is 7.61. The normalized spacial score (nSPS) is 11.4. The molecule has 0 spiro atoms. The maximum atomic E-state index is 11.8. The summed E-state index contributed by atoms with van der Waals surface area (Å²) in [4.78, 5) is 11.1. The molecule has 0 heterocycles. The molecule has 1 rings (SSSR count). The second-order valence-electron chi connectivity index (χ2n) is 4.07. The van der Waals surface area contributed by atoms with Crippen LogP contribution in [0.3, 0.4) is 0 Å². The summed E-state index contributed by atoms with van der Waals surface area (Å²) >= 11 is 0. The molecule has 0 aromatic heterocycles. The molecule has 0 radical (unpaired) electrons. The molecule has 0 atom stereocenters. The molecule has 1 aromatic rings. The number of ketones is 1. The van der Waals surface area contributed by atoms with Crippen molar-refractivity contribution in [1.82, 2.24) is 0 Å². The Morgan fingerprint density at radius 2 is 1.82 bits per heavy atom. The van der Waals surface area contributed by atoms with Gasteiger partial charge in [0.1, 0.15) is 5.78 Å². The maximum absolute atomic E-state index is 11.8. The Hall–Kier alpha value is -1.16. The van der Waals surface area contributed by atoms with E-state index in [9.17, 15) is 13.2 Å². The third-order valence-electron chi connectivity index (χ3n) is 2.53. The topological polar surface area (TPSA) is 51.2 Å². The van der Waals surface area contributed by atoms with Crippen molar-refractivity contribution < 1.29 is 13.2 Å². The van der Waals surface area contributed by atoms with Crippen molar-refractivity contribution >= 4 is 15.6 Å². The average Bonchev–Trinajstić information content (AvgIpc) is 2.29. The van der Waals surface area contributed by atoms with Crippen molar-refractivity contribution in [1.29, 1.82) is 0 Å². The van der Waals surface area contributed by atoms with E-state index in [4.69, 9.17) is 0 Å². The Kier molecular flexibility index (Phi) is 5.35. The van der Waals surface area contributed by atoms with Crippen LogP contribution in [0.15, 0.2) is 30.3 Å². The molecule has 0 bridgehead atoms. The average molecular weight is 254 g/mol. The first kappa shape index (κ1) is 13.9. The Morgan fingerprint density at radius 3 is 2.41 bits per heavy atom. The second kappa shape index (κ2) is 6.55. The van der Waals surface area contributed by atoms with E-state index >= 15 is 0 Å². The molecular weight excluding hydrogens is 236 g/mol. The van der Waals surface area contributed by atoms with Crippen molar-refractivity contribution in [3.63, 3.8) is 0 Å². The van der Waals surface area contributed by atoms with Gasteiger partial charge in [-0.1, -0.05) is 37.3 Å². The van der Waals surface area contributed by atoms with E-state index in [0.717, 1.165) is 5.56 Å². The molecule has 0 saturated heterocycles. The molecule has 94 valence electrons. The Labute approximate surface area is 103 Å². The zero-order valence-corrected chi connectivity index (χ0v) is 10.9. The lowest BCUT2D eigenvalue weighted by molar-refractivity contribution is -0.118. The summed E-state index contributed by atoms with van der Waals surface area (Å²) in [5.41, 5.74) is 0.800. The Balaban J connectivity index is 2.44. The van der Waals surface area contributed by atoms with E-state index in [0.29, 0.717) is 19.3 Å². The van der Waals surface area contributed by atoms with Gasteiger partial charge in [-0.2, -0.15) is 0 Å². The van der Waals surface area contributed by atoms with Crippen LogP contribution in [0.1, 0.15) is 31.7 Å². The molecular formula is C13H18O3S. The third kappa shape index (κ3) is 5.63. The van der Waals surface area contributed by atoms with Gasteiger partial charge in [0, 0.05) is 12.8 Å². The number of benzene rings is 1. The summed E-state index contributed by atoms with van der Waals surface area (Å²) in [7, 11) is -3.09. The molecule has 0 aliphatic carbocycles. The van der Waals surface area contributed by atoms with Crippen molar-refractivity contribution in [2.75, 3.05) is 5.75 Å². The van der Waals surface area contributed by atoms with Gasteiger partial charge < -0.3 is 0 Å². The third-order valence-corrected chi connectivity index (χ3v) is 4.22. The smallest absolute Gasteiger partial charge is 0.154 e. The highest BCUT2D eigenvalue weighted by Gasteiger charge is 2.12. The fourth-order valence-corrected chi connectivity index (χ4v) is 3.00. The summed E-state index contributed by atoms with van der Waals surface area (Å²) in [6.45, 7) is 1.79. The van der Waals surface area contributed by atoms with Crippen LogP contribution < -0.4 is 0 Å². The van der Waals surface area contributed by atoms with Crippen LogP contribution >= 0.6 is 0 Å². The monoisotopic (exact) mass is 254 g/mol. The molecule has 17 heavy (non-hydrogen) atoms. The van der Waals surface area contributed by atoms with Crippen LogP contribution in [0.5, 0.6) is 0 Å². The highest BCUT2D eigenvalue weighted by Crippen LogP contribution is 2.08. The second-order valence-corrected chi connectivity index (χ2v) is 6.26. The van der Waals surface area contributed by atoms with Crippen molar-refractivity contribution in [3.05, 3.63) is 35.9 Å². The molecule has 0 aliphatic heterocycles. The standard InChI is InChI=1S/C13H18O3S/c1-2-13(14)9-6-10-17(15,16)11-12-7-4-3-5-8-12/h3-5,7-8H,2,6,9-11H2,1H3. The minimum Gasteiger partial charge on any atom is -0.300 e. The fourth-order valence-electron chi connectivity index (χ4n) is 1.57. The van der Waals surface area contributed by atoms with Gasteiger partial charge in [-0.25, -0.2) is 8.42 Å². The van der Waals surface area contributed by atoms with E-state index in [1.807, 2.05) is 18.2 Å². The van der Waals surface area contributed by atoms with Gasteiger partial charge in [0.25, 0.3) is 0 Å². The van der Waals surface area contributed by atoms with Crippen LogP contribution in [0.25, 0.3) is 0 Å². The lowest BCUT2D eigenvalue weighted by atomic mass is 10.2. The summed E-state index contributed by atoms with van der Waals surface area (Å²) < 4.78 is 23.5. The van der Waals surface area contributed by atoms with Gasteiger partial charge in [0.2, 0.25) is 0 Å². The first-order chi connectivity index (χ1) is 8.03. The molecule has 0 saturated carbocycles. The Bertz CT molecular complexity index is 449. The number of carbonyl (C=O) groups excluding carboxylic acids is 1. The molecule has 0 amide bonds. The SMILES string of the molecule is CCC(=O)CCCS(=O)(=O)Cc1ccccc1. The van der Waals surface area contributed by atoms with E-state index in [1.165, 1.54) is 0 Å². The largest absolute Gasteiger partial charge is 0.300 e. The Morgan fingerprint density at radius 1 is 1.18 bits per heavy atom. The molecule has 0 aliphatic rings. The predicted octanol–water partition coefficient (Wildman–Crippen LogP) is 2.36. The summed E-state index contributed by atoms with van der Waals surface area (Å²) in [5, 5.41) is 0. The zero-order valence-electron chi connectivity index (χ0n) is 10.1. The van der Waals surface area contributed by atoms with Crippen LogP contribution in [-0.2, 0) is 20.4 Å². The fraction of sp³-hybridized carbons (Fsp3) is 0.462. The number of Topliss-reactive ketones (excluding diaryl/α,β-unsaturated/α-hetero) is 1. The molecule has 1 aromatic carbocycles. The quantitative estimate of drug-likeness (QED) is 0.750. The van der Waals surface area contributed by atoms with Gasteiger partial charge in [-0.3, -0.25) is 4.79 Å². The van der Waals surface area contributed by atoms with Crippen molar-refractivity contribution in [3.8, 4) is 0 Å². The first-order valence-electron chi connectivity index (χ1n) is 5.79. The summed E-state index contributed by atoms with van der Waals surface area (Å²) in [5.74, 6) is 0.279. The molecule has 0 unspecified atom stereocenters. The van der Waals surface area contributed by atoms with E-state index in [1.54, 1.807) is 19.1 Å². The van der Waals surface area contributed by atoms with Crippen molar-refractivity contribution in [2.24, 2.45) is 0 Å². The number of carbonyl (C=O) groups is 1. The van der Waals surface area contributed by atoms with Gasteiger partial charge in [0.15, 0.2) is 9.84 Å². The van der Waals surface area contributed by atoms with E-state index in [-0.39, 0.29) is 17.3 Å².